The van der Waals surface area contributed by atoms with Gasteiger partial charge in [-0.3, -0.25) is 4.68 Å². The number of nitrogens with zero attached hydrogens (tertiary/aromatic N) is 3. The van der Waals surface area contributed by atoms with Gasteiger partial charge in [-0.25, -0.2) is 13.1 Å². The van der Waals surface area contributed by atoms with Gasteiger partial charge in [-0.05, 0) is 38.9 Å². The molecule has 0 saturated heterocycles. The largest absolute Gasteiger partial charge is 0.302 e. The highest BCUT2D eigenvalue weighted by atomic mass is 32.2. The summed E-state index contributed by atoms with van der Waals surface area (Å²) in [6.07, 6.45) is 3.34. The van der Waals surface area contributed by atoms with Gasteiger partial charge in [-0.1, -0.05) is 13.8 Å². The van der Waals surface area contributed by atoms with Gasteiger partial charge in [0.25, 0.3) is 10.0 Å². The highest BCUT2D eigenvalue weighted by molar-refractivity contribution is 7.89. The van der Waals surface area contributed by atoms with Gasteiger partial charge < -0.3 is 4.90 Å². The Labute approximate surface area is 121 Å². The van der Waals surface area contributed by atoms with Crippen LogP contribution in [0.4, 0.5) is 0 Å². The minimum atomic E-state index is -3.49. The molecule has 20 heavy (non-hydrogen) atoms. The van der Waals surface area contributed by atoms with Crippen LogP contribution >= 0.6 is 0 Å². The Morgan fingerprint density at radius 2 is 2.00 bits per heavy atom. The number of nitrogens with one attached hydrogen (secondary N) is 1. The van der Waals surface area contributed by atoms with Crippen LogP contribution in [-0.2, 0) is 16.6 Å². The van der Waals surface area contributed by atoms with Crippen molar-refractivity contribution in [3.8, 4) is 0 Å². The van der Waals surface area contributed by atoms with E-state index in [1.165, 1.54) is 10.9 Å². The van der Waals surface area contributed by atoms with Gasteiger partial charge in [0.2, 0.25) is 0 Å². The van der Waals surface area contributed by atoms with E-state index in [1.54, 1.807) is 6.07 Å². The van der Waals surface area contributed by atoms with Gasteiger partial charge in [-0.15, -0.1) is 0 Å². The molecule has 0 aromatic carbocycles. The third kappa shape index (κ3) is 3.21. The molecule has 114 valence electrons. The Kier molecular flexibility index (Phi) is 4.51. The van der Waals surface area contributed by atoms with Gasteiger partial charge in [0, 0.05) is 18.6 Å². The van der Waals surface area contributed by atoms with Crippen molar-refractivity contribution in [1.29, 1.82) is 0 Å². The molecule has 1 heterocycles. The summed E-state index contributed by atoms with van der Waals surface area (Å²) in [4.78, 5) is 2.26. The average molecular weight is 300 g/mol. The van der Waals surface area contributed by atoms with Crippen molar-refractivity contribution >= 4 is 10.0 Å². The van der Waals surface area contributed by atoms with Crippen LogP contribution in [0.1, 0.15) is 33.6 Å². The SMILES string of the molecule is CCN(CC)CC1(NS(=O)(=O)c2ccnn2CC)CC1. The van der Waals surface area contributed by atoms with E-state index in [0.717, 1.165) is 32.5 Å². The van der Waals surface area contributed by atoms with Crippen molar-refractivity contribution in [3.63, 3.8) is 0 Å². The van der Waals surface area contributed by atoms with Crippen molar-refractivity contribution in [2.75, 3.05) is 19.6 Å². The standard InChI is InChI=1S/C13H24N4O2S/c1-4-16(5-2)11-13(8-9-13)15-20(18,19)12-7-10-14-17(12)6-3/h7,10,15H,4-6,8-9,11H2,1-3H3. The summed E-state index contributed by atoms with van der Waals surface area (Å²) in [5.74, 6) is 0. The van der Waals surface area contributed by atoms with Crippen molar-refractivity contribution in [1.82, 2.24) is 19.4 Å². The predicted molar refractivity (Wildman–Crippen MR) is 78.0 cm³/mol. The number of hydrogen-bond donors (Lipinski definition) is 1. The summed E-state index contributed by atoms with van der Waals surface area (Å²) < 4.78 is 29.4. The minimum absolute atomic E-state index is 0.255. The monoisotopic (exact) mass is 300 g/mol. The fourth-order valence-corrected chi connectivity index (χ4v) is 4.08. The zero-order chi connectivity index (χ0) is 14.8. The summed E-state index contributed by atoms with van der Waals surface area (Å²) in [5, 5.41) is 4.29. The fraction of sp³-hybridized carbons (Fsp3) is 0.769. The molecule has 1 aromatic rings. The number of aromatic nitrogens is 2. The van der Waals surface area contributed by atoms with E-state index in [1.807, 2.05) is 6.92 Å². The summed E-state index contributed by atoms with van der Waals surface area (Å²) in [7, 11) is -3.49. The Hall–Kier alpha value is -0.920. The van der Waals surface area contributed by atoms with Crippen LogP contribution in [0.15, 0.2) is 17.3 Å². The highest BCUT2D eigenvalue weighted by Gasteiger charge is 2.47. The first-order chi connectivity index (χ1) is 9.46. The number of likely N-dealkylation sites (N-methyl/N-ethyl adjacent to an activating group) is 1. The molecule has 0 bridgehead atoms. The second-order valence-corrected chi connectivity index (χ2v) is 6.96. The molecule has 1 N–H and O–H groups in total. The number of hydrogen-bond acceptors (Lipinski definition) is 4. The number of aryl methyl sites for hydroxylation is 1. The molecule has 1 fully saturated rings. The zero-order valence-corrected chi connectivity index (χ0v) is 13.3. The van der Waals surface area contributed by atoms with Gasteiger partial charge in [0.05, 0.1) is 6.20 Å². The van der Waals surface area contributed by atoms with Crippen LogP contribution in [0, 0.1) is 0 Å². The van der Waals surface area contributed by atoms with E-state index < -0.39 is 10.0 Å². The first-order valence-electron chi connectivity index (χ1n) is 7.24. The lowest BCUT2D eigenvalue weighted by Crippen LogP contribution is -2.46. The molecule has 0 radical (unpaired) electrons. The number of rotatable bonds is 8. The van der Waals surface area contributed by atoms with E-state index in [9.17, 15) is 8.42 Å². The second kappa shape index (κ2) is 5.83. The van der Waals surface area contributed by atoms with E-state index >= 15 is 0 Å². The second-order valence-electron chi connectivity index (χ2n) is 5.33. The summed E-state index contributed by atoms with van der Waals surface area (Å²) in [5.41, 5.74) is -0.284. The maximum Gasteiger partial charge on any atom is 0.258 e. The number of sulfonamides is 1. The maximum absolute atomic E-state index is 12.5. The lowest BCUT2D eigenvalue weighted by Gasteiger charge is -2.25. The molecular formula is C13H24N4O2S. The molecule has 0 aliphatic heterocycles. The molecule has 1 aromatic heterocycles. The minimum Gasteiger partial charge on any atom is -0.302 e. The average Bonchev–Trinajstić information content (AvgIpc) is 2.98. The quantitative estimate of drug-likeness (QED) is 0.779. The topological polar surface area (TPSA) is 67.2 Å². The summed E-state index contributed by atoms with van der Waals surface area (Å²) in [6.45, 7) is 9.28. The zero-order valence-electron chi connectivity index (χ0n) is 12.5. The first-order valence-corrected chi connectivity index (χ1v) is 8.73. The first kappa shape index (κ1) is 15.5. The molecule has 0 spiro atoms. The normalized spacial score (nSPS) is 17.6. The molecule has 6 nitrogen and oxygen atoms in total. The Morgan fingerprint density at radius 1 is 1.35 bits per heavy atom. The molecule has 1 aliphatic carbocycles. The van der Waals surface area contributed by atoms with Gasteiger partial charge in [0.15, 0.2) is 5.03 Å². The van der Waals surface area contributed by atoms with Gasteiger partial charge >= 0.3 is 0 Å². The lowest BCUT2D eigenvalue weighted by atomic mass is 10.2. The Balaban J connectivity index is 2.13. The van der Waals surface area contributed by atoms with Crippen LogP contribution in [0.3, 0.4) is 0 Å². The molecule has 0 atom stereocenters. The summed E-state index contributed by atoms with van der Waals surface area (Å²) >= 11 is 0. The van der Waals surface area contributed by atoms with Crippen LogP contribution in [-0.4, -0.2) is 48.3 Å². The van der Waals surface area contributed by atoms with Crippen LogP contribution in [0.5, 0.6) is 0 Å². The smallest absolute Gasteiger partial charge is 0.258 e. The van der Waals surface area contributed by atoms with Crippen molar-refractivity contribution in [2.45, 2.75) is 50.7 Å². The van der Waals surface area contributed by atoms with Crippen LogP contribution < -0.4 is 4.72 Å². The lowest BCUT2D eigenvalue weighted by molar-refractivity contribution is 0.267. The van der Waals surface area contributed by atoms with E-state index in [-0.39, 0.29) is 10.6 Å². The van der Waals surface area contributed by atoms with Crippen molar-refractivity contribution < 1.29 is 8.42 Å². The predicted octanol–water partition coefficient (Wildman–Crippen LogP) is 1.06. The van der Waals surface area contributed by atoms with Crippen LogP contribution in [0.25, 0.3) is 0 Å². The molecule has 1 saturated carbocycles. The van der Waals surface area contributed by atoms with E-state index in [2.05, 4.69) is 28.6 Å². The molecule has 0 amide bonds. The van der Waals surface area contributed by atoms with E-state index in [0.29, 0.717) is 6.54 Å². The Morgan fingerprint density at radius 3 is 2.50 bits per heavy atom. The van der Waals surface area contributed by atoms with Gasteiger partial charge in [-0.2, -0.15) is 5.10 Å². The highest BCUT2D eigenvalue weighted by Crippen LogP contribution is 2.37. The summed E-state index contributed by atoms with van der Waals surface area (Å²) in [6, 6.07) is 1.55. The van der Waals surface area contributed by atoms with Crippen molar-refractivity contribution in [3.05, 3.63) is 12.3 Å². The fourth-order valence-electron chi connectivity index (χ4n) is 2.44. The van der Waals surface area contributed by atoms with E-state index in [4.69, 9.17) is 0 Å². The van der Waals surface area contributed by atoms with Crippen molar-refractivity contribution in [2.24, 2.45) is 0 Å². The molecular weight excluding hydrogens is 276 g/mol. The molecule has 0 unspecified atom stereocenters. The van der Waals surface area contributed by atoms with Crippen LogP contribution in [0.2, 0.25) is 0 Å². The third-order valence-corrected chi connectivity index (χ3v) is 5.48. The maximum atomic E-state index is 12.5. The Bertz CT molecular complexity index is 544. The molecule has 7 heteroatoms. The van der Waals surface area contributed by atoms with Gasteiger partial charge in [0.1, 0.15) is 0 Å². The molecule has 1 aliphatic rings. The third-order valence-electron chi connectivity index (χ3n) is 3.88. The molecule has 2 rings (SSSR count).